The van der Waals surface area contributed by atoms with Gasteiger partial charge in [0.15, 0.2) is 11.5 Å². The maximum absolute atomic E-state index is 15.0. The predicted octanol–water partition coefficient (Wildman–Crippen LogP) is 5.54. The van der Waals surface area contributed by atoms with Crippen LogP contribution >= 0.6 is 0 Å². The number of H-pyrrole nitrogens is 1. The van der Waals surface area contributed by atoms with Gasteiger partial charge in [-0.2, -0.15) is 0 Å². The second-order valence-electron chi connectivity index (χ2n) is 8.77. The molecule has 0 spiro atoms. The third kappa shape index (κ3) is 4.63. The fourth-order valence-corrected chi connectivity index (χ4v) is 4.71. The number of carbonyl (C=O) groups is 2. The molecule has 1 aliphatic heterocycles. The number of carbonyl (C=O) groups excluding carboxylic acids is 2. The molecule has 0 unspecified atom stereocenters. The van der Waals surface area contributed by atoms with Crippen LogP contribution in [0.1, 0.15) is 22.7 Å². The van der Waals surface area contributed by atoms with E-state index in [2.05, 4.69) is 4.98 Å². The third-order valence-corrected chi connectivity index (χ3v) is 6.59. The number of hydrogen-bond acceptors (Lipinski definition) is 4. The number of aromatic nitrogens is 1. The van der Waals surface area contributed by atoms with Crippen molar-refractivity contribution in [2.75, 3.05) is 13.7 Å². The summed E-state index contributed by atoms with van der Waals surface area (Å²) in [6.07, 6.45) is 5.17. The zero-order chi connectivity index (χ0) is 25.9. The van der Waals surface area contributed by atoms with Crippen molar-refractivity contribution in [3.05, 3.63) is 119 Å². The van der Waals surface area contributed by atoms with Crippen LogP contribution in [0.5, 0.6) is 5.75 Å². The highest BCUT2D eigenvalue weighted by molar-refractivity contribution is 6.14. The van der Waals surface area contributed by atoms with Crippen molar-refractivity contribution in [2.45, 2.75) is 12.5 Å². The molecule has 0 bridgehead atoms. The van der Waals surface area contributed by atoms with Gasteiger partial charge in [0.2, 0.25) is 0 Å². The van der Waals surface area contributed by atoms with Gasteiger partial charge < -0.3 is 19.7 Å². The van der Waals surface area contributed by atoms with Crippen LogP contribution < -0.4 is 4.74 Å². The normalized spacial score (nSPS) is 15.8. The number of rotatable bonds is 8. The van der Waals surface area contributed by atoms with Crippen LogP contribution in [0.15, 0.2) is 96.4 Å². The van der Waals surface area contributed by atoms with Gasteiger partial charge in [0, 0.05) is 29.2 Å². The molecule has 1 amide bonds. The van der Waals surface area contributed by atoms with Crippen LogP contribution in [-0.4, -0.2) is 40.3 Å². The van der Waals surface area contributed by atoms with E-state index in [1.54, 1.807) is 25.3 Å². The molecule has 0 radical (unpaired) electrons. The first kappa shape index (κ1) is 24.1. The standard InChI is InChI=1S/C30H25FN2O4/c1-37-21-12-13-25-23(17-21)20(18-32-25)15-16-33-28(22-9-5-6-10-24(22)31)27(29(35)30(33)36)26(34)14-11-19-7-3-2-4-8-19/h2-14,17-18,28,32,35H,15-16H2,1H3/b14-11+/t28-/m1/s1. The molecule has 6 nitrogen and oxygen atoms in total. The quantitative estimate of drug-likeness (QED) is 0.314. The Balaban J connectivity index is 1.48. The van der Waals surface area contributed by atoms with Crippen molar-refractivity contribution >= 4 is 28.7 Å². The van der Waals surface area contributed by atoms with Crippen molar-refractivity contribution in [1.29, 1.82) is 0 Å². The van der Waals surface area contributed by atoms with Crippen molar-refractivity contribution in [2.24, 2.45) is 0 Å². The highest BCUT2D eigenvalue weighted by Crippen LogP contribution is 2.39. The Kier molecular flexibility index (Phi) is 6.60. The zero-order valence-electron chi connectivity index (χ0n) is 20.1. The lowest BCUT2D eigenvalue weighted by atomic mass is 9.95. The number of benzene rings is 3. The monoisotopic (exact) mass is 496 g/mol. The Bertz CT molecular complexity index is 1540. The number of aliphatic hydroxyl groups is 1. The Morgan fingerprint density at radius 3 is 2.62 bits per heavy atom. The average molecular weight is 497 g/mol. The number of aliphatic hydroxyl groups excluding tert-OH is 1. The maximum atomic E-state index is 15.0. The maximum Gasteiger partial charge on any atom is 0.290 e. The molecular formula is C30H25FN2O4. The summed E-state index contributed by atoms with van der Waals surface area (Å²) >= 11 is 0. The molecule has 5 rings (SSSR count). The van der Waals surface area contributed by atoms with E-state index in [4.69, 9.17) is 4.74 Å². The van der Waals surface area contributed by atoms with Gasteiger partial charge in [0.25, 0.3) is 5.91 Å². The number of halogens is 1. The number of fused-ring (bicyclic) bond motifs is 1. The smallest absolute Gasteiger partial charge is 0.290 e. The average Bonchev–Trinajstić information content (AvgIpc) is 3.44. The van der Waals surface area contributed by atoms with Crippen LogP contribution in [0.25, 0.3) is 17.0 Å². The van der Waals surface area contributed by atoms with E-state index in [9.17, 15) is 19.1 Å². The number of ketones is 1. The zero-order valence-corrected chi connectivity index (χ0v) is 20.1. The highest BCUT2D eigenvalue weighted by atomic mass is 19.1. The lowest BCUT2D eigenvalue weighted by Crippen LogP contribution is -2.33. The Labute approximate surface area is 213 Å². The van der Waals surface area contributed by atoms with Crippen LogP contribution in [0.3, 0.4) is 0 Å². The number of nitrogens with zero attached hydrogens (tertiary/aromatic N) is 1. The molecule has 0 saturated heterocycles. The van der Waals surface area contributed by atoms with Gasteiger partial charge in [-0.3, -0.25) is 9.59 Å². The van der Waals surface area contributed by atoms with Gasteiger partial charge >= 0.3 is 0 Å². The predicted molar refractivity (Wildman–Crippen MR) is 140 cm³/mol. The van der Waals surface area contributed by atoms with E-state index in [1.807, 2.05) is 54.7 Å². The minimum Gasteiger partial charge on any atom is -0.503 e. The fraction of sp³-hybridized carbons (Fsp3) is 0.133. The first-order valence-electron chi connectivity index (χ1n) is 11.9. The van der Waals surface area contributed by atoms with E-state index < -0.39 is 29.3 Å². The Hall–Kier alpha value is -4.65. The van der Waals surface area contributed by atoms with Gasteiger partial charge in [0.05, 0.1) is 18.7 Å². The van der Waals surface area contributed by atoms with Crippen molar-refractivity contribution in [3.63, 3.8) is 0 Å². The summed E-state index contributed by atoms with van der Waals surface area (Å²) in [5, 5.41) is 11.7. The molecular weight excluding hydrogens is 471 g/mol. The number of nitrogens with one attached hydrogen (secondary N) is 1. The van der Waals surface area contributed by atoms with Gasteiger partial charge in [-0.25, -0.2) is 4.39 Å². The van der Waals surface area contributed by atoms with Crippen LogP contribution in [0, 0.1) is 5.82 Å². The summed E-state index contributed by atoms with van der Waals surface area (Å²) in [6, 6.07) is 19.8. The first-order valence-corrected chi connectivity index (χ1v) is 11.9. The highest BCUT2D eigenvalue weighted by Gasteiger charge is 2.43. The summed E-state index contributed by atoms with van der Waals surface area (Å²) in [6.45, 7) is 0.158. The Morgan fingerprint density at radius 2 is 1.86 bits per heavy atom. The number of ether oxygens (including phenoxy) is 1. The fourth-order valence-electron chi connectivity index (χ4n) is 4.71. The van der Waals surface area contributed by atoms with E-state index in [0.717, 1.165) is 22.0 Å². The summed E-state index contributed by atoms with van der Waals surface area (Å²) in [5.74, 6) is -1.78. The molecule has 0 fully saturated rings. The van der Waals surface area contributed by atoms with Gasteiger partial charge in [-0.05, 0) is 47.9 Å². The second-order valence-corrected chi connectivity index (χ2v) is 8.77. The number of methoxy groups -OCH3 is 1. The molecule has 2 heterocycles. The van der Waals surface area contributed by atoms with Crippen LogP contribution in [0.4, 0.5) is 4.39 Å². The molecule has 0 saturated carbocycles. The number of aromatic amines is 1. The molecule has 4 aromatic rings. The number of amides is 1. The minimum atomic E-state index is -1.05. The van der Waals surface area contributed by atoms with Gasteiger partial charge in [0.1, 0.15) is 11.6 Å². The van der Waals surface area contributed by atoms with Crippen LogP contribution in [0.2, 0.25) is 0 Å². The van der Waals surface area contributed by atoms with Crippen LogP contribution in [-0.2, 0) is 16.0 Å². The lowest BCUT2D eigenvalue weighted by Gasteiger charge is -2.27. The summed E-state index contributed by atoms with van der Waals surface area (Å²) in [7, 11) is 1.59. The van der Waals surface area contributed by atoms with E-state index in [0.29, 0.717) is 12.2 Å². The summed E-state index contributed by atoms with van der Waals surface area (Å²) in [4.78, 5) is 31.0. The van der Waals surface area contributed by atoms with Crippen molar-refractivity contribution < 1.29 is 23.8 Å². The van der Waals surface area contributed by atoms with E-state index in [1.165, 1.54) is 23.1 Å². The largest absolute Gasteiger partial charge is 0.503 e. The van der Waals surface area contributed by atoms with E-state index >= 15 is 0 Å². The molecule has 7 heteroatoms. The molecule has 1 aliphatic rings. The molecule has 3 aromatic carbocycles. The molecule has 186 valence electrons. The molecule has 0 aliphatic carbocycles. The minimum absolute atomic E-state index is 0.136. The topological polar surface area (TPSA) is 82.6 Å². The Morgan fingerprint density at radius 1 is 1.11 bits per heavy atom. The molecule has 1 atom stereocenters. The van der Waals surface area contributed by atoms with Gasteiger partial charge in [-0.15, -0.1) is 0 Å². The molecule has 2 N–H and O–H groups in total. The van der Waals surface area contributed by atoms with E-state index in [-0.39, 0.29) is 17.7 Å². The SMILES string of the molecule is COc1ccc2[nH]cc(CCN3C(=O)C(O)=C(C(=O)/C=C/c4ccccc4)[C@H]3c3ccccc3F)c2c1. The number of hydrogen-bond donors (Lipinski definition) is 2. The van der Waals surface area contributed by atoms with Gasteiger partial charge in [-0.1, -0.05) is 54.6 Å². The summed E-state index contributed by atoms with van der Waals surface area (Å²) < 4.78 is 20.3. The molecule has 37 heavy (non-hydrogen) atoms. The van der Waals surface area contributed by atoms with Crippen molar-refractivity contribution in [3.8, 4) is 5.75 Å². The number of allylic oxidation sites excluding steroid dienone is 1. The van der Waals surface area contributed by atoms with Crippen molar-refractivity contribution in [1.82, 2.24) is 9.88 Å². The first-order chi connectivity index (χ1) is 18.0. The summed E-state index contributed by atoms with van der Waals surface area (Å²) in [5.41, 5.74) is 2.64. The third-order valence-electron chi connectivity index (χ3n) is 6.59. The molecule has 1 aromatic heterocycles. The lowest BCUT2D eigenvalue weighted by molar-refractivity contribution is -0.129. The second kappa shape index (κ2) is 10.1.